The van der Waals surface area contributed by atoms with Crippen LogP contribution >= 0.6 is 11.6 Å². The molecule has 15 heteroatoms. The predicted octanol–water partition coefficient (Wildman–Crippen LogP) is 6.26. The molecule has 0 bridgehead atoms. The topological polar surface area (TPSA) is 136 Å². The Kier molecular flexibility index (Phi) is 12.4. The van der Waals surface area contributed by atoms with Gasteiger partial charge in [0.1, 0.15) is 17.0 Å². The molecule has 0 unspecified atom stereocenters. The van der Waals surface area contributed by atoms with E-state index in [9.17, 15) is 41.0 Å². The molecule has 1 saturated heterocycles. The number of benzene rings is 2. The van der Waals surface area contributed by atoms with Crippen molar-refractivity contribution in [2.24, 2.45) is 11.3 Å². The number of Topliss-reactive ketones (excluding diaryl/α,β-unsaturated/α-hetero) is 1. The number of carbonyl (C=O) groups is 3. The summed E-state index contributed by atoms with van der Waals surface area (Å²) in [5.41, 5.74) is -1.08. The van der Waals surface area contributed by atoms with Gasteiger partial charge in [-0.3, -0.25) is 9.59 Å². The van der Waals surface area contributed by atoms with Crippen molar-refractivity contribution in [1.29, 1.82) is 0 Å². The van der Waals surface area contributed by atoms with Crippen LogP contribution in [0.4, 0.5) is 32.0 Å². The van der Waals surface area contributed by atoms with Crippen LogP contribution in [0.2, 0.25) is 5.02 Å². The second kappa shape index (κ2) is 15.1. The van der Waals surface area contributed by atoms with Gasteiger partial charge >= 0.3 is 12.1 Å². The highest BCUT2D eigenvalue weighted by Crippen LogP contribution is 2.57. The van der Waals surface area contributed by atoms with Crippen LogP contribution in [0.25, 0.3) is 0 Å². The van der Waals surface area contributed by atoms with Crippen LogP contribution in [0.5, 0.6) is 0 Å². The molecule has 2 aromatic carbocycles. The van der Waals surface area contributed by atoms with Crippen LogP contribution in [0, 0.1) is 28.8 Å². The standard InChI is InChI=1S/C31H38ClF3N2O4.C2HF3O2/c1-16(2)13-30(3,4)14-26-31(19-11-22(34)23(35)12-24(19)36-29(31)41)27(17-8-9-21(33)20(32)10-17)28(37-26)25(40)7-5-6-18(39)15-38;3-2(4,5)1(6)7/h8-12,16,18,26-28,37-39H,5-7,13-15H2,1-4H3,(H,36,41);(H,6,7)/t18-,26+,27-,28-,31-;/m0./s1. The van der Waals surface area contributed by atoms with Crippen LogP contribution in [-0.2, 0) is 19.8 Å². The lowest BCUT2D eigenvalue weighted by molar-refractivity contribution is -0.192. The molecule has 8 nitrogen and oxygen atoms in total. The summed E-state index contributed by atoms with van der Waals surface area (Å²) in [5.74, 6) is -7.02. The van der Waals surface area contributed by atoms with Gasteiger partial charge in [-0.1, -0.05) is 45.4 Å². The van der Waals surface area contributed by atoms with Gasteiger partial charge in [-0.25, -0.2) is 18.0 Å². The molecule has 2 heterocycles. The maximum Gasteiger partial charge on any atom is 0.490 e. The maximum absolute atomic E-state index is 14.8. The van der Waals surface area contributed by atoms with Crippen molar-refractivity contribution in [3.8, 4) is 0 Å². The van der Waals surface area contributed by atoms with E-state index in [-0.39, 0.29) is 46.7 Å². The number of hydrogen-bond acceptors (Lipinski definition) is 6. The number of fused-ring (bicyclic) bond motifs is 2. The third kappa shape index (κ3) is 8.50. The van der Waals surface area contributed by atoms with Crippen molar-refractivity contribution in [1.82, 2.24) is 5.32 Å². The average molecular weight is 709 g/mol. The predicted molar refractivity (Wildman–Crippen MR) is 165 cm³/mol. The molecule has 2 aliphatic rings. The minimum atomic E-state index is -5.08. The number of anilines is 1. The summed E-state index contributed by atoms with van der Waals surface area (Å²) < 4.78 is 75.2. The molecule has 1 spiro atoms. The molecule has 48 heavy (non-hydrogen) atoms. The molecular weight excluding hydrogens is 670 g/mol. The van der Waals surface area contributed by atoms with E-state index in [1.54, 1.807) is 0 Å². The Bertz CT molecular complexity index is 1520. The number of carbonyl (C=O) groups excluding carboxylic acids is 2. The number of nitrogens with one attached hydrogen (secondary N) is 2. The Hall–Kier alpha value is -3.20. The molecule has 0 aromatic heterocycles. The zero-order chi connectivity index (χ0) is 36.4. The second-order valence-corrected chi connectivity index (χ2v) is 13.9. The summed E-state index contributed by atoms with van der Waals surface area (Å²) in [7, 11) is 0. The van der Waals surface area contributed by atoms with E-state index in [0.29, 0.717) is 17.9 Å². The molecule has 266 valence electrons. The molecule has 1 fully saturated rings. The first-order valence-electron chi connectivity index (χ1n) is 15.3. The molecule has 0 saturated carbocycles. The van der Waals surface area contributed by atoms with E-state index in [1.165, 1.54) is 18.2 Å². The van der Waals surface area contributed by atoms with Gasteiger partial charge in [-0.2, -0.15) is 13.2 Å². The zero-order valence-electron chi connectivity index (χ0n) is 26.7. The van der Waals surface area contributed by atoms with E-state index >= 15 is 0 Å². The minimum Gasteiger partial charge on any atom is -0.475 e. The number of hydrogen-bond donors (Lipinski definition) is 5. The Labute approximate surface area is 278 Å². The number of rotatable bonds is 11. The highest BCUT2D eigenvalue weighted by atomic mass is 35.5. The summed E-state index contributed by atoms with van der Waals surface area (Å²) in [6, 6.07) is 4.37. The second-order valence-electron chi connectivity index (χ2n) is 13.4. The molecule has 0 radical (unpaired) electrons. The van der Waals surface area contributed by atoms with Gasteiger partial charge < -0.3 is 26.0 Å². The number of aliphatic carboxylic acids is 1. The van der Waals surface area contributed by atoms with Gasteiger partial charge in [0.05, 0.1) is 23.8 Å². The van der Waals surface area contributed by atoms with E-state index in [1.807, 2.05) is 0 Å². The van der Waals surface area contributed by atoms with Gasteiger partial charge in [0.2, 0.25) is 5.91 Å². The third-order valence-electron chi connectivity index (χ3n) is 8.67. The van der Waals surface area contributed by atoms with Crippen LogP contribution in [0.1, 0.15) is 76.8 Å². The van der Waals surface area contributed by atoms with Crippen molar-refractivity contribution >= 4 is 34.9 Å². The third-order valence-corrected chi connectivity index (χ3v) is 8.95. The first-order valence-corrected chi connectivity index (χ1v) is 15.7. The molecule has 2 aliphatic heterocycles. The van der Waals surface area contributed by atoms with Crippen LogP contribution in [0.3, 0.4) is 0 Å². The minimum absolute atomic E-state index is 0.0323. The highest BCUT2D eigenvalue weighted by molar-refractivity contribution is 6.30. The summed E-state index contributed by atoms with van der Waals surface area (Å²) in [4.78, 5) is 36.9. The largest absolute Gasteiger partial charge is 0.490 e. The highest BCUT2D eigenvalue weighted by Gasteiger charge is 2.65. The zero-order valence-corrected chi connectivity index (χ0v) is 27.5. The van der Waals surface area contributed by atoms with Gasteiger partial charge in [0, 0.05) is 30.1 Å². The number of aliphatic hydroxyl groups is 2. The summed E-state index contributed by atoms with van der Waals surface area (Å²) in [6.07, 6.45) is -4.30. The van der Waals surface area contributed by atoms with E-state index in [4.69, 9.17) is 26.6 Å². The quantitative estimate of drug-likeness (QED) is 0.174. The van der Waals surface area contributed by atoms with Gasteiger partial charge in [0.25, 0.3) is 0 Å². The van der Waals surface area contributed by atoms with Crippen molar-refractivity contribution < 1.29 is 56.0 Å². The molecular formula is C33H39ClF6N2O6. The van der Waals surface area contributed by atoms with Crippen molar-refractivity contribution in [2.75, 3.05) is 11.9 Å². The van der Waals surface area contributed by atoms with Gasteiger partial charge in [-0.05, 0) is 66.3 Å². The van der Waals surface area contributed by atoms with Crippen molar-refractivity contribution in [2.45, 2.75) is 95.5 Å². The number of alkyl halides is 3. The number of carboxylic acid groups (broad SMARTS) is 1. The Balaban J connectivity index is 0.000000804. The average Bonchev–Trinajstić information content (AvgIpc) is 3.43. The lowest BCUT2D eigenvalue weighted by Crippen LogP contribution is -2.50. The smallest absolute Gasteiger partial charge is 0.475 e. The van der Waals surface area contributed by atoms with Crippen LogP contribution in [0.15, 0.2) is 30.3 Å². The molecule has 5 atom stereocenters. The molecule has 0 aliphatic carbocycles. The van der Waals surface area contributed by atoms with Crippen molar-refractivity contribution in [3.05, 3.63) is 63.9 Å². The number of carboxylic acids is 1. The molecule has 5 N–H and O–H groups in total. The van der Waals surface area contributed by atoms with E-state index in [0.717, 1.165) is 18.6 Å². The number of aliphatic hydroxyl groups excluding tert-OH is 2. The summed E-state index contributed by atoms with van der Waals surface area (Å²) >= 11 is 6.19. The number of amides is 1. The summed E-state index contributed by atoms with van der Waals surface area (Å²) in [6.45, 7) is 7.88. The molecule has 2 aromatic rings. The monoisotopic (exact) mass is 708 g/mol. The summed E-state index contributed by atoms with van der Waals surface area (Å²) in [5, 5.41) is 32.0. The Morgan fingerprint density at radius 1 is 1.04 bits per heavy atom. The molecule has 1 amide bonds. The van der Waals surface area contributed by atoms with Gasteiger partial charge in [-0.15, -0.1) is 0 Å². The first-order chi connectivity index (χ1) is 22.1. The molecule has 4 rings (SSSR count). The fourth-order valence-electron chi connectivity index (χ4n) is 7.08. The SMILES string of the molecule is CC(C)CC(C)(C)C[C@H]1N[C@@H](C(=O)CCC[C@H](O)CO)[C@H](c2ccc(F)c(Cl)c2)[C@@]12C(=O)Nc1cc(F)c(F)cc12.O=C(O)C(F)(F)F. The Morgan fingerprint density at radius 2 is 1.65 bits per heavy atom. The van der Waals surface area contributed by atoms with E-state index in [2.05, 4.69) is 38.3 Å². The number of halogens is 7. The first kappa shape index (κ1) is 39.2. The van der Waals surface area contributed by atoms with Crippen molar-refractivity contribution in [3.63, 3.8) is 0 Å². The van der Waals surface area contributed by atoms with Crippen LogP contribution in [-0.4, -0.2) is 64.0 Å². The number of ketones is 1. The lowest BCUT2D eigenvalue weighted by atomic mass is 9.61. The maximum atomic E-state index is 14.8. The lowest BCUT2D eigenvalue weighted by Gasteiger charge is -2.39. The fourth-order valence-corrected chi connectivity index (χ4v) is 7.27. The van der Waals surface area contributed by atoms with Gasteiger partial charge in [0.15, 0.2) is 11.6 Å². The fraction of sp³-hybridized carbons (Fsp3) is 0.545. The van der Waals surface area contributed by atoms with E-state index < -0.39 is 71.6 Å². The normalized spacial score (nSPS) is 22.7. The Morgan fingerprint density at radius 3 is 2.19 bits per heavy atom. The van der Waals surface area contributed by atoms with Crippen LogP contribution < -0.4 is 10.6 Å².